The number of hydrogen-bond acceptors (Lipinski definition) is 8. The van der Waals surface area contributed by atoms with Crippen LogP contribution in [-0.2, 0) is 25.7 Å². The third-order valence-corrected chi connectivity index (χ3v) is 10.8. The molecule has 56 heavy (non-hydrogen) atoms. The van der Waals surface area contributed by atoms with Crippen molar-refractivity contribution in [3.8, 4) is 11.1 Å². The van der Waals surface area contributed by atoms with E-state index in [1.54, 1.807) is 35.0 Å². The van der Waals surface area contributed by atoms with E-state index >= 15 is 0 Å². The molecule has 0 bridgehead atoms. The van der Waals surface area contributed by atoms with Gasteiger partial charge in [0.15, 0.2) is 0 Å². The zero-order valence-electron chi connectivity index (χ0n) is 31.7. The van der Waals surface area contributed by atoms with Crippen molar-refractivity contribution in [2.45, 2.75) is 77.4 Å². The number of hydrogen-bond donors (Lipinski definition) is 3. The first-order valence-corrected chi connectivity index (χ1v) is 19.0. The maximum atomic E-state index is 13.8. The lowest BCUT2D eigenvalue weighted by atomic mass is 9.90. The fourth-order valence-electron chi connectivity index (χ4n) is 7.98. The van der Waals surface area contributed by atoms with Crippen LogP contribution in [0.1, 0.15) is 89.5 Å². The number of anilines is 2. The van der Waals surface area contributed by atoms with E-state index in [1.165, 1.54) is 4.90 Å². The molecular formula is C42H45N7O7. The summed E-state index contributed by atoms with van der Waals surface area (Å²) in [6.45, 7) is 4.25. The number of rotatable bonds is 13. The highest BCUT2D eigenvalue weighted by Gasteiger charge is 2.41. The van der Waals surface area contributed by atoms with Crippen LogP contribution >= 0.6 is 0 Å². The van der Waals surface area contributed by atoms with E-state index in [1.807, 2.05) is 56.3 Å². The van der Waals surface area contributed by atoms with Gasteiger partial charge in [-0.05, 0) is 68.5 Å². The summed E-state index contributed by atoms with van der Waals surface area (Å²) in [5.74, 6) is -0.860. The summed E-state index contributed by atoms with van der Waals surface area (Å²) in [5.41, 5.74) is 6.78. The van der Waals surface area contributed by atoms with Crippen molar-refractivity contribution in [2.75, 3.05) is 30.4 Å². The van der Waals surface area contributed by atoms with Gasteiger partial charge in [-0.1, -0.05) is 60.5 Å². The molecule has 0 radical (unpaired) electrons. The van der Waals surface area contributed by atoms with Gasteiger partial charge in [-0.15, -0.1) is 0 Å². The molecule has 2 unspecified atom stereocenters. The van der Waals surface area contributed by atoms with Crippen LogP contribution in [-0.4, -0.2) is 76.7 Å². The van der Waals surface area contributed by atoms with E-state index in [4.69, 9.17) is 4.52 Å². The number of nitrogens with zero attached hydrogens (tertiary/aromatic N) is 4. The predicted molar refractivity (Wildman–Crippen MR) is 207 cm³/mol. The van der Waals surface area contributed by atoms with E-state index < -0.39 is 18.0 Å². The highest BCUT2D eigenvalue weighted by molar-refractivity contribution is 6.07. The van der Waals surface area contributed by atoms with Gasteiger partial charge in [0, 0.05) is 60.9 Å². The number of aryl methyl sites for hydroxylation is 2. The first-order valence-electron chi connectivity index (χ1n) is 19.0. The second-order valence-electron chi connectivity index (χ2n) is 14.5. The van der Waals surface area contributed by atoms with Crippen LogP contribution in [0, 0.1) is 13.8 Å². The normalized spacial score (nSPS) is 17.8. The van der Waals surface area contributed by atoms with Crippen LogP contribution < -0.4 is 20.9 Å². The van der Waals surface area contributed by atoms with Crippen LogP contribution in [0.15, 0.2) is 71.3 Å². The van der Waals surface area contributed by atoms with E-state index in [0.29, 0.717) is 42.0 Å². The van der Waals surface area contributed by atoms with Gasteiger partial charge in [-0.3, -0.25) is 34.2 Å². The molecule has 3 N–H and O–H groups in total. The Morgan fingerprint density at radius 3 is 2.46 bits per heavy atom. The third-order valence-electron chi connectivity index (χ3n) is 10.8. The SMILES string of the molecule is Cc1noc(C)c1-c1ccc2c(c1)C(c1ccccc1)N(CC(=O)NCCCCCCC(=O)Nc1cccc3c1CN(C1CCC(=O)NC1=O)C3=O)C(=O)N2C. The summed E-state index contributed by atoms with van der Waals surface area (Å²) in [6.07, 6.45) is 3.62. The first kappa shape index (κ1) is 38.0. The Labute approximate surface area is 324 Å². The lowest BCUT2D eigenvalue weighted by Crippen LogP contribution is -2.52. The highest BCUT2D eigenvalue weighted by Crippen LogP contribution is 2.42. The molecule has 1 saturated heterocycles. The van der Waals surface area contributed by atoms with E-state index in [2.05, 4.69) is 27.2 Å². The number of amides is 7. The Kier molecular flexibility index (Phi) is 11.0. The highest BCUT2D eigenvalue weighted by atomic mass is 16.5. The van der Waals surface area contributed by atoms with Gasteiger partial charge in [0.2, 0.25) is 23.6 Å². The molecule has 2 atom stereocenters. The molecule has 14 heteroatoms. The monoisotopic (exact) mass is 759 g/mol. The number of fused-ring (bicyclic) bond motifs is 2. The average molecular weight is 760 g/mol. The molecule has 3 aliphatic rings. The molecule has 3 aromatic carbocycles. The standard InChI is InChI=1S/C42H45N7O7/c1-25-38(26(2)56-46-25)28-17-18-33-30(22-28)39(27-12-7-6-8-13-27)49(42(55)47(33)3)24-37(52)43-21-10-5-4-9-16-35(50)44-32-15-11-14-29-31(32)23-48(41(29)54)34-19-20-36(51)45-40(34)53/h6-8,11-15,17-18,22,34,39H,4-5,9-10,16,19-21,23-24H2,1-3H3,(H,43,52)(H,44,50)(H,45,51,53). The fourth-order valence-corrected chi connectivity index (χ4v) is 7.98. The van der Waals surface area contributed by atoms with Crippen LogP contribution in [0.3, 0.4) is 0 Å². The Morgan fingerprint density at radius 2 is 1.71 bits per heavy atom. The minimum atomic E-state index is -0.729. The molecule has 1 aromatic heterocycles. The number of carbonyl (C=O) groups is 6. The van der Waals surface area contributed by atoms with E-state index in [-0.39, 0.29) is 62.0 Å². The van der Waals surface area contributed by atoms with Crippen molar-refractivity contribution >= 4 is 46.9 Å². The number of unbranched alkanes of at least 4 members (excludes halogenated alkanes) is 3. The molecular weight excluding hydrogens is 715 g/mol. The van der Waals surface area contributed by atoms with Crippen LogP contribution in [0.2, 0.25) is 0 Å². The van der Waals surface area contributed by atoms with Gasteiger partial charge in [0.25, 0.3) is 5.91 Å². The second kappa shape index (κ2) is 16.2. The maximum absolute atomic E-state index is 13.8. The fraction of sp³-hybridized carbons (Fsp3) is 0.357. The molecule has 3 aliphatic heterocycles. The molecule has 290 valence electrons. The number of nitrogens with one attached hydrogen (secondary N) is 3. The van der Waals surface area contributed by atoms with Gasteiger partial charge in [0.1, 0.15) is 18.3 Å². The van der Waals surface area contributed by atoms with Gasteiger partial charge >= 0.3 is 6.03 Å². The van der Waals surface area contributed by atoms with Gasteiger partial charge in [0.05, 0.1) is 17.4 Å². The third kappa shape index (κ3) is 7.63. The number of carbonyl (C=O) groups excluding carboxylic acids is 6. The number of benzene rings is 3. The number of aromatic nitrogens is 1. The Balaban J connectivity index is 0.897. The van der Waals surface area contributed by atoms with Gasteiger partial charge in [-0.25, -0.2) is 4.79 Å². The molecule has 0 aliphatic carbocycles. The zero-order chi connectivity index (χ0) is 39.5. The molecule has 4 aromatic rings. The molecule has 7 amide bonds. The Hall–Kier alpha value is -6.31. The minimum Gasteiger partial charge on any atom is -0.361 e. The Bertz CT molecular complexity index is 2180. The van der Waals surface area contributed by atoms with Crippen molar-refractivity contribution in [1.29, 1.82) is 0 Å². The van der Waals surface area contributed by atoms with Crippen molar-refractivity contribution in [3.63, 3.8) is 0 Å². The lowest BCUT2D eigenvalue weighted by Gasteiger charge is -2.41. The number of imide groups is 1. The minimum absolute atomic E-state index is 0.127. The van der Waals surface area contributed by atoms with Crippen molar-refractivity contribution in [1.82, 2.24) is 25.6 Å². The quantitative estimate of drug-likeness (QED) is 0.120. The van der Waals surface area contributed by atoms with Crippen LogP contribution in [0.25, 0.3) is 11.1 Å². The maximum Gasteiger partial charge on any atom is 0.325 e. The molecule has 0 saturated carbocycles. The van der Waals surface area contributed by atoms with Crippen molar-refractivity contribution in [2.24, 2.45) is 0 Å². The molecule has 14 nitrogen and oxygen atoms in total. The lowest BCUT2D eigenvalue weighted by molar-refractivity contribution is -0.137. The molecule has 1 fully saturated rings. The summed E-state index contributed by atoms with van der Waals surface area (Å²) >= 11 is 0. The van der Waals surface area contributed by atoms with Gasteiger partial charge in [-0.2, -0.15) is 0 Å². The Morgan fingerprint density at radius 1 is 0.929 bits per heavy atom. The van der Waals surface area contributed by atoms with Gasteiger partial charge < -0.3 is 25.0 Å². The van der Waals surface area contributed by atoms with Crippen molar-refractivity contribution < 1.29 is 33.3 Å². The molecule has 7 rings (SSSR count). The molecule has 4 heterocycles. The summed E-state index contributed by atoms with van der Waals surface area (Å²) < 4.78 is 5.44. The second-order valence-corrected chi connectivity index (χ2v) is 14.5. The largest absolute Gasteiger partial charge is 0.361 e. The van der Waals surface area contributed by atoms with Crippen molar-refractivity contribution in [3.05, 3.63) is 100 Å². The number of urea groups is 1. The zero-order valence-corrected chi connectivity index (χ0v) is 31.7. The summed E-state index contributed by atoms with van der Waals surface area (Å²) in [6, 6.07) is 19.3. The predicted octanol–water partition coefficient (Wildman–Crippen LogP) is 5.39. The van der Waals surface area contributed by atoms with Crippen LogP contribution in [0.4, 0.5) is 16.2 Å². The topological polar surface area (TPSA) is 174 Å². The summed E-state index contributed by atoms with van der Waals surface area (Å²) in [7, 11) is 1.72. The summed E-state index contributed by atoms with van der Waals surface area (Å²) in [5, 5.41) is 12.3. The number of piperidine rings is 1. The summed E-state index contributed by atoms with van der Waals surface area (Å²) in [4.78, 5) is 81.8. The van der Waals surface area contributed by atoms with Crippen LogP contribution in [0.5, 0.6) is 0 Å². The first-order chi connectivity index (χ1) is 27.0. The van der Waals surface area contributed by atoms with E-state index in [9.17, 15) is 28.8 Å². The van der Waals surface area contributed by atoms with E-state index in [0.717, 1.165) is 46.5 Å². The average Bonchev–Trinajstić information content (AvgIpc) is 3.70. The molecule has 0 spiro atoms. The smallest absolute Gasteiger partial charge is 0.325 e.